The number of halogens is 3. The highest BCUT2D eigenvalue weighted by Crippen LogP contribution is 2.38. The lowest BCUT2D eigenvalue weighted by molar-refractivity contribution is 0.151. The molecule has 2 unspecified atom stereocenters. The Hall–Kier alpha value is -0.290. The molecular weight excluding hydrogens is 325 g/mol. The smallest absolute Gasteiger partial charge is 0.0963 e. The molecule has 0 bridgehead atoms. The molecule has 0 amide bonds. The quantitative estimate of drug-likeness (QED) is 0.864. The van der Waals surface area contributed by atoms with Crippen molar-refractivity contribution in [3.8, 4) is 0 Å². The molecule has 2 nitrogen and oxygen atoms in total. The van der Waals surface area contributed by atoms with Crippen molar-refractivity contribution in [2.75, 3.05) is 6.54 Å². The van der Waals surface area contributed by atoms with Crippen LogP contribution >= 0.6 is 46.1 Å². The number of aliphatic hydroxyl groups is 1. The zero-order valence-electron chi connectivity index (χ0n) is 9.82. The molecule has 0 fully saturated rings. The van der Waals surface area contributed by atoms with E-state index in [1.165, 1.54) is 11.3 Å². The van der Waals surface area contributed by atoms with Gasteiger partial charge < -0.3 is 10.8 Å². The van der Waals surface area contributed by atoms with Crippen LogP contribution in [0.25, 0.3) is 0 Å². The van der Waals surface area contributed by atoms with Crippen LogP contribution in [0, 0.1) is 0 Å². The van der Waals surface area contributed by atoms with Crippen LogP contribution in [-0.2, 0) is 0 Å². The van der Waals surface area contributed by atoms with Gasteiger partial charge in [-0.3, -0.25) is 0 Å². The van der Waals surface area contributed by atoms with Crippen molar-refractivity contribution in [1.82, 2.24) is 0 Å². The molecule has 0 saturated carbocycles. The van der Waals surface area contributed by atoms with Crippen molar-refractivity contribution in [3.05, 3.63) is 55.2 Å². The number of hydrogen-bond donors (Lipinski definition) is 2. The van der Waals surface area contributed by atoms with E-state index in [9.17, 15) is 5.11 Å². The minimum Gasteiger partial charge on any atom is -0.387 e. The minimum absolute atomic E-state index is 0.276. The molecule has 2 aromatic rings. The van der Waals surface area contributed by atoms with E-state index in [4.69, 9.17) is 40.5 Å². The van der Waals surface area contributed by atoms with Gasteiger partial charge in [0, 0.05) is 27.4 Å². The maximum Gasteiger partial charge on any atom is 0.0963 e. The van der Waals surface area contributed by atoms with Gasteiger partial charge in [-0.15, -0.1) is 11.3 Å². The molecular formula is C13H12Cl3NOS. The van der Waals surface area contributed by atoms with E-state index in [2.05, 4.69) is 0 Å². The van der Waals surface area contributed by atoms with Crippen LogP contribution < -0.4 is 5.73 Å². The van der Waals surface area contributed by atoms with E-state index < -0.39 is 6.10 Å². The van der Waals surface area contributed by atoms with Crippen LogP contribution in [-0.4, -0.2) is 11.7 Å². The molecule has 1 aromatic carbocycles. The van der Waals surface area contributed by atoms with Gasteiger partial charge in [0.1, 0.15) is 0 Å². The Morgan fingerprint density at radius 1 is 1.16 bits per heavy atom. The molecule has 2 atom stereocenters. The highest BCUT2D eigenvalue weighted by Gasteiger charge is 2.24. The lowest BCUT2D eigenvalue weighted by Crippen LogP contribution is -2.20. The summed E-state index contributed by atoms with van der Waals surface area (Å²) in [6.45, 7) is 0.276. The molecule has 0 saturated heterocycles. The van der Waals surface area contributed by atoms with Gasteiger partial charge in [-0.1, -0.05) is 40.9 Å². The maximum absolute atomic E-state index is 10.4. The van der Waals surface area contributed by atoms with Crippen molar-refractivity contribution >= 4 is 46.1 Å². The fraction of sp³-hybridized carbons (Fsp3) is 0.231. The number of benzene rings is 1. The van der Waals surface area contributed by atoms with Crippen LogP contribution in [0.4, 0.5) is 0 Å². The summed E-state index contributed by atoms with van der Waals surface area (Å²) in [6, 6.07) is 8.72. The average molecular weight is 337 g/mol. The average Bonchev–Trinajstić information content (AvgIpc) is 2.79. The first-order valence-corrected chi connectivity index (χ1v) is 7.56. The predicted molar refractivity (Wildman–Crippen MR) is 82.5 cm³/mol. The second kappa shape index (κ2) is 6.44. The van der Waals surface area contributed by atoms with Crippen LogP contribution in [0.2, 0.25) is 14.4 Å². The van der Waals surface area contributed by atoms with E-state index in [1.54, 1.807) is 30.3 Å². The molecule has 19 heavy (non-hydrogen) atoms. The number of rotatable bonds is 4. The third kappa shape index (κ3) is 3.43. The second-order valence-corrected chi connectivity index (χ2v) is 6.69. The molecule has 0 spiro atoms. The standard InChI is InChI=1S/C13H12Cl3NOS/c14-7-1-2-8(10(15)5-7)9(6-17)13(18)11-3-4-12(16)19-11/h1-5,9,13,18H,6,17H2. The number of thiophene rings is 1. The van der Waals surface area contributed by atoms with Crippen LogP contribution in [0.1, 0.15) is 22.5 Å². The Bertz CT molecular complexity index is 573. The zero-order valence-corrected chi connectivity index (χ0v) is 12.9. The predicted octanol–water partition coefficient (Wildman–Crippen LogP) is 4.48. The summed E-state index contributed by atoms with van der Waals surface area (Å²) in [5.41, 5.74) is 6.56. The first kappa shape index (κ1) is 15.1. The van der Waals surface area contributed by atoms with Crippen LogP contribution in [0.5, 0.6) is 0 Å². The molecule has 0 radical (unpaired) electrons. The third-order valence-corrected chi connectivity index (χ3v) is 4.75. The summed E-state index contributed by atoms with van der Waals surface area (Å²) in [5.74, 6) is -0.292. The van der Waals surface area contributed by atoms with E-state index >= 15 is 0 Å². The summed E-state index contributed by atoms with van der Waals surface area (Å²) in [6.07, 6.45) is -0.735. The Kier molecular flexibility index (Phi) is 5.12. The van der Waals surface area contributed by atoms with Gasteiger partial charge in [0.15, 0.2) is 0 Å². The van der Waals surface area contributed by atoms with Crippen LogP contribution in [0.15, 0.2) is 30.3 Å². The largest absolute Gasteiger partial charge is 0.387 e. The van der Waals surface area contributed by atoms with E-state index in [0.717, 1.165) is 10.4 Å². The topological polar surface area (TPSA) is 46.2 Å². The number of nitrogens with two attached hydrogens (primary N) is 1. The summed E-state index contributed by atoms with van der Waals surface area (Å²) in [4.78, 5) is 0.770. The van der Waals surface area contributed by atoms with E-state index in [1.807, 2.05) is 0 Å². The monoisotopic (exact) mass is 335 g/mol. The Balaban J connectivity index is 2.33. The summed E-state index contributed by atoms with van der Waals surface area (Å²) in [5, 5.41) is 11.5. The lowest BCUT2D eigenvalue weighted by atomic mass is 9.92. The lowest BCUT2D eigenvalue weighted by Gasteiger charge is -2.22. The summed E-state index contributed by atoms with van der Waals surface area (Å²) >= 11 is 19.3. The highest BCUT2D eigenvalue weighted by atomic mass is 35.5. The van der Waals surface area contributed by atoms with Gasteiger partial charge >= 0.3 is 0 Å². The molecule has 1 heterocycles. The van der Waals surface area contributed by atoms with E-state index in [-0.39, 0.29) is 12.5 Å². The molecule has 1 aromatic heterocycles. The van der Waals surface area contributed by atoms with Gasteiger partial charge in [-0.2, -0.15) is 0 Å². The van der Waals surface area contributed by atoms with Crippen molar-refractivity contribution in [1.29, 1.82) is 0 Å². The molecule has 0 aliphatic rings. The Morgan fingerprint density at radius 3 is 2.42 bits per heavy atom. The van der Waals surface area contributed by atoms with Crippen molar-refractivity contribution in [2.45, 2.75) is 12.0 Å². The van der Waals surface area contributed by atoms with Gasteiger partial charge in [-0.25, -0.2) is 0 Å². The molecule has 6 heteroatoms. The first-order chi connectivity index (χ1) is 9.02. The Morgan fingerprint density at radius 2 is 1.89 bits per heavy atom. The number of hydrogen-bond acceptors (Lipinski definition) is 3. The molecule has 102 valence electrons. The van der Waals surface area contributed by atoms with Crippen molar-refractivity contribution in [3.63, 3.8) is 0 Å². The zero-order chi connectivity index (χ0) is 14.0. The maximum atomic E-state index is 10.4. The van der Waals surface area contributed by atoms with Crippen molar-refractivity contribution < 1.29 is 5.11 Å². The third-order valence-electron chi connectivity index (χ3n) is 2.88. The minimum atomic E-state index is -0.735. The molecule has 3 N–H and O–H groups in total. The first-order valence-electron chi connectivity index (χ1n) is 5.61. The Labute approximate surface area is 130 Å². The van der Waals surface area contributed by atoms with Gasteiger partial charge in [-0.05, 0) is 29.8 Å². The van der Waals surface area contributed by atoms with Crippen LogP contribution in [0.3, 0.4) is 0 Å². The second-order valence-electron chi connectivity index (χ2n) is 4.09. The highest BCUT2D eigenvalue weighted by molar-refractivity contribution is 7.16. The molecule has 2 rings (SSSR count). The fourth-order valence-corrected chi connectivity index (χ4v) is 3.57. The fourth-order valence-electron chi connectivity index (χ4n) is 1.91. The van der Waals surface area contributed by atoms with Gasteiger partial charge in [0.05, 0.1) is 10.4 Å². The summed E-state index contributed by atoms with van der Waals surface area (Å²) < 4.78 is 0.632. The van der Waals surface area contributed by atoms with Crippen molar-refractivity contribution in [2.24, 2.45) is 5.73 Å². The molecule has 0 aliphatic heterocycles. The summed E-state index contributed by atoms with van der Waals surface area (Å²) in [7, 11) is 0. The van der Waals surface area contributed by atoms with Gasteiger partial charge in [0.2, 0.25) is 0 Å². The van der Waals surface area contributed by atoms with Gasteiger partial charge in [0.25, 0.3) is 0 Å². The molecule has 0 aliphatic carbocycles. The SMILES string of the molecule is NCC(c1ccc(Cl)cc1Cl)C(O)c1ccc(Cl)s1. The normalized spacial score (nSPS) is 14.4. The van der Waals surface area contributed by atoms with E-state index in [0.29, 0.717) is 14.4 Å². The number of aliphatic hydroxyl groups excluding tert-OH is 1.